The fourth-order valence-electron chi connectivity index (χ4n) is 4.45. The number of carbonyl (C=O) groups is 2. The maximum Gasteiger partial charge on any atom is 0.305 e. The second-order valence-corrected chi connectivity index (χ2v) is 10.8. The van der Waals surface area contributed by atoms with Gasteiger partial charge in [0.15, 0.2) is 0 Å². The highest BCUT2D eigenvalue weighted by molar-refractivity contribution is 5.69. The van der Waals surface area contributed by atoms with Crippen molar-refractivity contribution in [2.24, 2.45) is 0 Å². The van der Waals surface area contributed by atoms with E-state index >= 15 is 0 Å². The highest BCUT2D eigenvalue weighted by atomic mass is 16.6. The minimum absolute atomic E-state index is 0.131. The summed E-state index contributed by atoms with van der Waals surface area (Å²) >= 11 is 0. The lowest BCUT2D eigenvalue weighted by atomic mass is 10.0. The standard InChI is InChI=1S/C33H64O7/c1-3-5-7-9-11-12-13-14-15-16-17-19-21-23-33(35)40-31-29-38-27-25-36-24-26-37-28-30-39-32(34)22-20-18-10-8-6-4-2/h3-31H2,1-2H3. The minimum Gasteiger partial charge on any atom is -0.463 e. The van der Waals surface area contributed by atoms with E-state index in [-0.39, 0.29) is 25.2 Å². The van der Waals surface area contributed by atoms with Crippen LogP contribution in [0.2, 0.25) is 0 Å². The molecule has 0 saturated heterocycles. The zero-order valence-corrected chi connectivity index (χ0v) is 26.4. The van der Waals surface area contributed by atoms with Gasteiger partial charge in [0.25, 0.3) is 0 Å². The van der Waals surface area contributed by atoms with Crippen molar-refractivity contribution in [1.29, 1.82) is 0 Å². The van der Waals surface area contributed by atoms with Crippen LogP contribution in [0.4, 0.5) is 0 Å². The Bertz CT molecular complexity index is 527. The van der Waals surface area contributed by atoms with Crippen LogP contribution in [0.15, 0.2) is 0 Å². The normalized spacial score (nSPS) is 11.2. The van der Waals surface area contributed by atoms with Gasteiger partial charge in [0.1, 0.15) is 13.2 Å². The summed E-state index contributed by atoms with van der Waals surface area (Å²) in [7, 11) is 0. The smallest absolute Gasteiger partial charge is 0.305 e. The highest BCUT2D eigenvalue weighted by Gasteiger charge is 2.04. The average molecular weight is 573 g/mol. The van der Waals surface area contributed by atoms with Gasteiger partial charge in [0.05, 0.1) is 39.6 Å². The molecule has 40 heavy (non-hydrogen) atoms. The quantitative estimate of drug-likeness (QED) is 0.0577. The SMILES string of the molecule is CCCCCCCCCCCCCCCC(=O)OCCOCCOCCOCCOC(=O)CCCCCCCC. The Morgan fingerprint density at radius 1 is 0.350 bits per heavy atom. The third-order valence-corrected chi connectivity index (χ3v) is 6.94. The van der Waals surface area contributed by atoms with Crippen molar-refractivity contribution in [2.75, 3.05) is 52.9 Å². The molecular weight excluding hydrogens is 508 g/mol. The Hall–Kier alpha value is -1.18. The summed E-state index contributed by atoms with van der Waals surface area (Å²) in [4.78, 5) is 23.5. The fourth-order valence-corrected chi connectivity index (χ4v) is 4.45. The molecule has 0 rings (SSSR count). The highest BCUT2D eigenvalue weighted by Crippen LogP contribution is 2.13. The van der Waals surface area contributed by atoms with Gasteiger partial charge in [-0.1, -0.05) is 123 Å². The Balaban J connectivity index is 3.21. The van der Waals surface area contributed by atoms with Gasteiger partial charge < -0.3 is 23.7 Å². The van der Waals surface area contributed by atoms with Crippen LogP contribution in [0.1, 0.15) is 149 Å². The molecule has 238 valence electrons. The number of esters is 2. The molecular formula is C33H64O7. The molecule has 0 unspecified atom stereocenters. The first-order chi connectivity index (χ1) is 19.7. The molecule has 0 spiro atoms. The van der Waals surface area contributed by atoms with Crippen LogP contribution in [0.3, 0.4) is 0 Å². The first-order valence-corrected chi connectivity index (χ1v) is 16.7. The fraction of sp³-hybridized carbons (Fsp3) is 0.939. The Kier molecular flexibility index (Phi) is 33.0. The van der Waals surface area contributed by atoms with E-state index in [0.29, 0.717) is 52.5 Å². The van der Waals surface area contributed by atoms with Crippen molar-refractivity contribution in [3.63, 3.8) is 0 Å². The first kappa shape index (κ1) is 38.8. The monoisotopic (exact) mass is 572 g/mol. The van der Waals surface area contributed by atoms with Crippen LogP contribution in [0, 0.1) is 0 Å². The van der Waals surface area contributed by atoms with Gasteiger partial charge in [-0.2, -0.15) is 0 Å². The van der Waals surface area contributed by atoms with Crippen LogP contribution in [-0.4, -0.2) is 64.8 Å². The number of hydrogen-bond donors (Lipinski definition) is 0. The lowest BCUT2D eigenvalue weighted by Gasteiger charge is -2.08. The summed E-state index contributed by atoms with van der Waals surface area (Å²) in [6.07, 6.45) is 24.8. The molecule has 0 saturated carbocycles. The minimum atomic E-state index is -0.141. The van der Waals surface area contributed by atoms with E-state index in [0.717, 1.165) is 25.7 Å². The molecule has 0 fully saturated rings. The summed E-state index contributed by atoms with van der Waals surface area (Å²) in [5.41, 5.74) is 0. The molecule has 0 atom stereocenters. The molecule has 0 bridgehead atoms. The molecule has 0 amide bonds. The predicted octanol–water partition coefficient (Wildman–Crippen LogP) is 8.35. The number of carbonyl (C=O) groups excluding carboxylic acids is 2. The first-order valence-electron chi connectivity index (χ1n) is 16.7. The third kappa shape index (κ3) is 33.0. The van der Waals surface area contributed by atoms with Gasteiger partial charge in [0, 0.05) is 12.8 Å². The number of ether oxygens (including phenoxy) is 5. The van der Waals surface area contributed by atoms with Crippen molar-refractivity contribution >= 4 is 11.9 Å². The van der Waals surface area contributed by atoms with E-state index < -0.39 is 0 Å². The topological polar surface area (TPSA) is 80.3 Å². The van der Waals surface area contributed by atoms with Crippen LogP contribution in [0.25, 0.3) is 0 Å². The van der Waals surface area contributed by atoms with E-state index in [1.165, 1.54) is 96.3 Å². The maximum atomic E-state index is 11.8. The van der Waals surface area contributed by atoms with Crippen molar-refractivity contribution in [2.45, 2.75) is 149 Å². The second-order valence-electron chi connectivity index (χ2n) is 10.8. The van der Waals surface area contributed by atoms with Gasteiger partial charge >= 0.3 is 11.9 Å². The Morgan fingerprint density at radius 3 is 0.900 bits per heavy atom. The predicted molar refractivity (Wildman–Crippen MR) is 163 cm³/mol. The molecule has 0 aliphatic rings. The van der Waals surface area contributed by atoms with Crippen molar-refractivity contribution < 1.29 is 33.3 Å². The molecule has 0 aromatic rings. The van der Waals surface area contributed by atoms with Crippen LogP contribution in [-0.2, 0) is 33.3 Å². The van der Waals surface area contributed by atoms with Crippen LogP contribution < -0.4 is 0 Å². The lowest BCUT2D eigenvalue weighted by molar-refractivity contribution is -0.146. The van der Waals surface area contributed by atoms with Crippen LogP contribution >= 0.6 is 0 Å². The van der Waals surface area contributed by atoms with Crippen molar-refractivity contribution in [3.8, 4) is 0 Å². The van der Waals surface area contributed by atoms with E-state index in [1.54, 1.807) is 0 Å². The molecule has 0 aliphatic carbocycles. The molecule has 0 aromatic carbocycles. The van der Waals surface area contributed by atoms with Gasteiger partial charge in [-0.15, -0.1) is 0 Å². The number of unbranched alkanes of at least 4 members (excludes halogenated alkanes) is 17. The van der Waals surface area contributed by atoms with Gasteiger partial charge in [-0.05, 0) is 12.8 Å². The molecule has 7 nitrogen and oxygen atoms in total. The largest absolute Gasteiger partial charge is 0.463 e. The number of hydrogen-bond acceptors (Lipinski definition) is 7. The summed E-state index contributed by atoms with van der Waals surface area (Å²) in [5.74, 6) is -0.272. The Labute approximate surface area is 246 Å². The summed E-state index contributed by atoms with van der Waals surface area (Å²) < 4.78 is 26.7. The second kappa shape index (κ2) is 34.0. The van der Waals surface area contributed by atoms with Gasteiger partial charge in [0.2, 0.25) is 0 Å². The maximum absolute atomic E-state index is 11.8. The third-order valence-electron chi connectivity index (χ3n) is 6.94. The van der Waals surface area contributed by atoms with E-state index in [9.17, 15) is 9.59 Å². The number of rotatable bonds is 33. The zero-order valence-electron chi connectivity index (χ0n) is 26.4. The van der Waals surface area contributed by atoms with Crippen molar-refractivity contribution in [1.82, 2.24) is 0 Å². The van der Waals surface area contributed by atoms with E-state index in [2.05, 4.69) is 13.8 Å². The Morgan fingerprint density at radius 2 is 0.600 bits per heavy atom. The van der Waals surface area contributed by atoms with E-state index in [1.807, 2.05) is 0 Å². The van der Waals surface area contributed by atoms with Crippen molar-refractivity contribution in [3.05, 3.63) is 0 Å². The molecule has 7 heteroatoms. The summed E-state index contributed by atoms with van der Waals surface area (Å²) in [5, 5.41) is 0. The molecule has 0 N–H and O–H groups in total. The average Bonchev–Trinajstić information content (AvgIpc) is 2.95. The van der Waals surface area contributed by atoms with Gasteiger partial charge in [-0.25, -0.2) is 0 Å². The summed E-state index contributed by atoms with van der Waals surface area (Å²) in [6.45, 7) is 7.63. The molecule has 0 radical (unpaired) electrons. The molecule has 0 aliphatic heterocycles. The van der Waals surface area contributed by atoms with Gasteiger partial charge in [-0.3, -0.25) is 9.59 Å². The van der Waals surface area contributed by atoms with E-state index in [4.69, 9.17) is 23.7 Å². The molecule has 0 aromatic heterocycles. The lowest BCUT2D eigenvalue weighted by Crippen LogP contribution is -2.15. The van der Waals surface area contributed by atoms with Crippen LogP contribution in [0.5, 0.6) is 0 Å². The summed E-state index contributed by atoms with van der Waals surface area (Å²) in [6, 6.07) is 0. The zero-order chi connectivity index (χ0) is 29.2. The molecule has 0 heterocycles.